The maximum Gasteiger partial charge on any atom is 0.251 e. The van der Waals surface area contributed by atoms with E-state index in [2.05, 4.69) is 4.98 Å². The first-order valence-corrected chi connectivity index (χ1v) is 6.45. The second-order valence-corrected chi connectivity index (χ2v) is 5.17. The van der Waals surface area contributed by atoms with Crippen LogP contribution in [0.3, 0.4) is 0 Å². The van der Waals surface area contributed by atoms with Gasteiger partial charge in [0.05, 0.1) is 6.42 Å². The molecule has 1 aliphatic rings. The Hall–Kier alpha value is -1.52. The minimum atomic E-state index is -2.61. The number of rotatable bonds is 2. The van der Waals surface area contributed by atoms with Crippen LogP contribution >= 0.6 is 0 Å². The molecule has 3 nitrogen and oxygen atoms in total. The van der Waals surface area contributed by atoms with Gasteiger partial charge in [-0.2, -0.15) is 0 Å². The van der Waals surface area contributed by atoms with Crippen molar-refractivity contribution in [1.29, 1.82) is 0 Å². The number of amides is 1. The van der Waals surface area contributed by atoms with E-state index < -0.39 is 5.92 Å². The number of likely N-dealkylation sites (tertiary alicyclic amines) is 1. The number of piperidine rings is 1. The van der Waals surface area contributed by atoms with Crippen LogP contribution in [0.2, 0.25) is 0 Å². The van der Waals surface area contributed by atoms with Crippen LogP contribution in [0.15, 0.2) is 12.1 Å². The molecule has 0 spiro atoms. The van der Waals surface area contributed by atoms with Crippen LogP contribution in [0, 0.1) is 13.8 Å². The Labute approximate surface area is 111 Å². The molecule has 1 saturated heterocycles. The van der Waals surface area contributed by atoms with E-state index in [1.165, 1.54) is 4.90 Å². The quantitative estimate of drug-likeness (QED) is 0.825. The molecule has 2 heterocycles. The van der Waals surface area contributed by atoms with Gasteiger partial charge in [0, 0.05) is 37.3 Å². The summed E-state index contributed by atoms with van der Waals surface area (Å²) in [5.41, 5.74) is 2.63. The van der Waals surface area contributed by atoms with Gasteiger partial charge in [0.2, 0.25) is 5.91 Å². The lowest BCUT2D eigenvalue weighted by Gasteiger charge is -2.31. The van der Waals surface area contributed by atoms with Crippen LogP contribution in [0.1, 0.15) is 29.8 Å². The summed E-state index contributed by atoms with van der Waals surface area (Å²) in [4.78, 5) is 17.8. The number of hydrogen-bond donors (Lipinski definition) is 0. The normalized spacial score (nSPS) is 18.4. The average Bonchev–Trinajstić information content (AvgIpc) is 2.26. The highest BCUT2D eigenvalue weighted by Gasteiger charge is 2.35. The molecule has 0 saturated carbocycles. The van der Waals surface area contributed by atoms with E-state index in [1.807, 2.05) is 26.0 Å². The topological polar surface area (TPSA) is 33.2 Å². The van der Waals surface area contributed by atoms with Gasteiger partial charge in [-0.15, -0.1) is 0 Å². The second kappa shape index (κ2) is 5.23. The molecule has 5 heteroatoms. The van der Waals surface area contributed by atoms with Gasteiger partial charge >= 0.3 is 0 Å². The molecule has 0 N–H and O–H groups in total. The highest BCUT2D eigenvalue weighted by molar-refractivity contribution is 5.78. The fourth-order valence-corrected chi connectivity index (χ4v) is 2.39. The first kappa shape index (κ1) is 13.9. The Bertz CT molecular complexity index is 458. The zero-order chi connectivity index (χ0) is 14.0. The third kappa shape index (κ3) is 3.72. The summed E-state index contributed by atoms with van der Waals surface area (Å²) in [6, 6.07) is 3.73. The molecule has 1 amide bonds. The molecule has 2 rings (SSSR count). The number of pyridine rings is 1. The van der Waals surface area contributed by atoms with Crippen LogP contribution in [0.4, 0.5) is 8.78 Å². The SMILES string of the molecule is Cc1cc(CC(=O)N2CCC(F)(F)CC2)cc(C)n1. The Kier molecular flexibility index (Phi) is 3.83. The number of aromatic nitrogens is 1. The number of carbonyl (C=O) groups excluding carboxylic acids is 1. The van der Waals surface area contributed by atoms with Crippen molar-refractivity contribution in [1.82, 2.24) is 9.88 Å². The van der Waals surface area contributed by atoms with E-state index in [1.54, 1.807) is 0 Å². The molecular formula is C14H18F2N2O. The van der Waals surface area contributed by atoms with Gasteiger partial charge < -0.3 is 4.90 Å². The summed E-state index contributed by atoms with van der Waals surface area (Å²) >= 11 is 0. The Morgan fingerprint density at radius 1 is 1.26 bits per heavy atom. The number of carbonyl (C=O) groups is 1. The lowest BCUT2D eigenvalue weighted by Crippen LogP contribution is -2.43. The van der Waals surface area contributed by atoms with Gasteiger partial charge in [-0.05, 0) is 31.5 Å². The highest BCUT2D eigenvalue weighted by Crippen LogP contribution is 2.27. The fraction of sp³-hybridized carbons (Fsp3) is 0.571. The molecule has 0 bridgehead atoms. The smallest absolute Gasteiger partial charge is 0.251 e. The zero-order valence-electron chi connectivity index (χ0n) is 11.2. The Morgan fingerprint density at radius 3 is 2.32 bits per heavy atom. The number of nitrogens with zero attached hydrogens (tertiary/aromatic N) is 2. The maximum absolute atomic E-state index is 13.0. The Balaban J connectivity index is 1.98. The van der Waals surface area contributed by atoms with Gasteiger partial charge in [-0.25, -0.2) is 8.78 Å². The lowest BCUT2D eigenvalue weighted by atomic mass is 10.1. The van der Waals surface area contributed by atoms with Crippen LogP contribution in [0.25, 0.3) is 0 Å². The lowest BCUT2D eigenvalue weighted by molar-refractivity contribution is -0.136. The highest BCUT2D eigenvalue weighted by atomic mass is 19.3. The van der Waals surface area contributed by atoms with Crippen LogP contribution < -0.4 is 0 Å². The molecule has 0 aliphatic carbocycles. The standard InChI is InChI=1S/C14H18F2N2O/c1-10-7-12(8-11(2)17-10)9-13(19)18-5-3-14(15,16)4-6-18/h7-8H,3-6,9H2,1-2H3. The van der Waals surface area contributed by atoms with Gasteiger partial charge in [0.1, 0.15) is 0 Å². The Morgan fingerprint density at radius 2 is 1.79 bits per heavy atom. The third-order valence-electron chi connectivity index (χ3n) is 3.34. The predicted octanol–water partition coefficient (Wildman–Crippen LogP) is 2.50. The van der Waals surface area contributed by atoms with Crippen molar-refractivity contribution < 1.29 is 13.6 Å². The van der Waals surface area contributed by atoms with E-state index in [0.29, 0.717) is 0 Å². The van der Waals surface area contributed by atoms with Crippen LogP contribution in [0.5, 0.6) is 0 Å². The number of aryl methyl sites for hydroxylation is 2. The van der Waals surface area contributed by atoms with Crippen molar-refractivity contribution >= 4 is 5.91 Å². The van der Waals surface area contributed by atoms with E-state index in [-0.39, 0.29) is 38.3 Å². The summed E-state index contributed by atoms with van der Waals surface area (Å²) in [6.07, 6.45) is -0.198. The van der Waals surface area contributed by atoms with Crippen molar-refractivity contribution in [3.8, 4) is 0 Å². The van der Waals surface area contributed by atoms with E-state index in [4.69, 9.17) is 0 Å². The van der Waals surface area contributed by atoms with E-state index in [9.17, 15) is 13.6 Å². The summed E-state index contributed by atoms with van der Waals surface area (Å²) < 4.78 is 26.1. The average molecular weight is 268 g/mol. The number of hydrogen-bond acceptors (Lipinski definition) is 2. The molecule has 19 heavy (non-hydrogen) atoms. The fourth-order valence-electron chi connectivity index (χ4n) is 2.39. The monoisotopic (exact) mass is 268 g/mol. The largest absolute Gasteiger partial charge is 0.342 e. The molecule has 0 aromatic carbocycles. The van der Waals surface area contributed by atoms with Gasteiger partial charge in [0.25, 0.3) is 5.92 Å². The molecule has 1 aliphatic heterocycles. The predicted molar refractivity (Wildman–Crippen MR) is 68.2 cm³/mol. The molecule has 1 fully saturated rings. The second-order valence-electron chi connectivity index (χ2n) is 5.17. The van der Waals surface area contributed by atoms with Gasteiger partial charge in [-0.1, -0.05) is 0 Å². The minimum Gasteiger partial charge on any atom is -0.342 e. The summed E-state index contributed by atoms with van der Waals surface area (Å²) in [5.74, 6) is -2.69. The molecule has 0 atom stereocenters. The van der Waals surface area contributed by atoms with Crippen LogP contribution in [-0.2, 0) is 11.2 Å². The third-order valence-corrected chi connectivity index (χ3v) is 3.34. The first-order chi connectivity index (χ1) is 8.85. The van der Waals surface area contributed by atoms with Crippen molar-refractivity contribution in [2.24, 2.45) is 0 Å². The molecule has 1 aromatic rings. The van der Waals surface area contributed by atoms with Crippen molar-refractivity contribution in [3.63, 3.8) is 0 Å². The van der Waals surface area contributed by atoms with Gasteiger partial charge in [-0.3, -0.25) is 9.78 Å². The van der Waals surface area contributed by atoms with Crippen molar-refractivity contribution in [2.75, 3.05) is 13.1 Å². The summed E-state index contributed by atoms with van der Waals surface area (Å²) in [6.45, 7) is 4.05. The van der Waals surface area contributed by atoms with Gasteiger partial charge in [0.15, 0.2) is 0 Å². The minimum absolute atomic E-state index is 0.0829. The molecule has 0 unspecified atom stereocenters. The molecular weight excluding hydrogens is 250 g/mol. The molecule has 104 valence electrons. The van der Waals surface area contributed by atoms with Crippen molar-refractivity contribution in [2.45, 2.75) is 39.0 Å². The first-order valence-electron chi connectivity index (χ1n) is 6.45. The maximum atomic E-state index is 13.0. The van der Waals surface area contributed by atoms with Crippen molar-refractivity contribution in [3.05, 3.63) is 29.1 Å². The summed E-state index contributed by atoms with van der Waals surface area (Å²) in [5, 5.41) is 0. The number of halogens is 2. The zero-order valence-corrected chi connectivity index (χ0v) is 11.2. The van der Waals surface area contributed by atoms with Crippen LogP contribution in [-0.4, -0.2) is 34.8 Å². The number of alkyl halides is 2. The molecule has 0 radical (unpaired) electrons. The summed E-state index contributed by atoms with van der Waals surface area (Å²) in [7, 11) is 0. The van der Waals surface area contributed by atoms with E-state index >= 15 is 0 Å². The molecule has 1 aromatic heterocycles. The van der Waals surface area contributed by atoms with E-state index in [0.717, 1.165) is 17.0 Å².